The lowest BCUT2D eigenvalue weighted by Gasteiger charge is -2.28. The molecule has 0 aromatic carbocycles. The van der Waals surface area contributed by atoms with Gasteiger partial charge in [-0.3, -0.25) is 0 Å². The summed E-state index contributed by atoms with van der Waals surface area (Å²) in [6.07, 6.45) is 0.977. The van der Waals surface area contributed by atoms with Gasteiger partial charge in [-0.05, 0) is 27.7 Å². The number of hydrogen-bond donors (Lipinski definition) is 2. The van der Waals surface area contributed by atoms with Gasteiger partial charge in [-0.1, -0.05) is 0 Å². The molecule has 2 N–H and O–H groups in total. The highest BCUT2D eigenvalue weighted by molar-refractivity contribution is 7.81. The molecule has 0 aromatic rings. The molecule has 3 heteroatoms. The van der Waals surface area contributed by atoms with Gasteiger partial charge in [-0.2, -0.15) is 0 Å². The zero-order chi connectivity index (χ0) is 9.07. The van der Waals surface area contributed by atoms with Crippen LogP contribution in [0.3, 0.4) is 0 Å². The lowest BCUT2D eigenvalue weighted by Crippen LogP contribution is -2.32. The molecule has 0 heterocycles. The van der Waals surface area contributed by atoms with Gasteiger partial charge in [0.25, 0.3) is 0 Å². The molecule has 0 aromatic heterocycles. The third kappa shape index (κ3) is 6.66. The molecule has 0 saturated heterocycles. The van der Waals surface area contributed by atoms with E-state index in [-0.39, 0.29) is 17.1 Å². The number of rotatable bonds is 4. The van der Waals surface area contributed by atoms with Gasteiger partial charge in [0.05, 0.1) is 6.10 Å². The molecular weight excluding hydrogens is 158 g/mol. The van der Waals surface area contributed by atoms with E-state index in [1.165, 1.54) is 0 Å². The quantitative estimate of drug-likeness (QED) is 0.507. The van der Waals surface area contributed by atoms with E-state index in [2.05, 4.69) is 12.6 Å². The Morgan fingerprint density at radius 1 is 1.45 bits per heavy atom. The highest BCUT2D eigenvalue weighted by atomic mass is 32.1. The Hall–Kier alpha value is 0.270. The summed E-state index contributed by atoms with van der Waals surface area (Å²) < 4.78 is 5.53. The minimum Gasteiger partial charge on any atom is -0.362 e. The predicted octanol–water partition coefficient (Wildman–Crippen LogP) is 1.79. The Balaban J connectivity index is 3.79. The molecule has 0 bridgehead atoms. The van der Waals surface area contributed by atoms with Gasteiger partial charge < -0.3 is 10.5 Å². The summed E-state index contributed by atoms with van der Waals surface area (Å²) in [5.74, 6) is 0. The molecule has 0 rings (SSSR count). The SMILES string of the molecule is CC(N)CC(C)(S)OC(C)C. The number of thiol groups is 1. The summed E-state index contributed by atoms with van der Waals surface area (Å²) in [6.45, 7) is 7.89. The minimum atomic E-state index is -0.387. The van der Waals surface area contributed by atoms with E-state index in [9.17, 15) is 0 Å². The van der Waals surface area contributed by atoms with Crippen LogP contribution in [0.1, 0.15) is 34.1 Å². The fourth-order valence-electron chi connectivity index (χ4n) is 1.15. The third-order valence-corrected chi connectivity index (χ3v) is 1.48. The van der Waals surface area contributed by atoms with Gasteiger partial charge in [0.1, 0.15) is 4.93 Å². The van der Waals surface area contributed by atoms with E-state index in [4.69, 9.17) is 10.5 Å². The van der Waals surface area contributed by atoms with Crippen molar-refractivity contribution >= 4 is 12.6 Å². The Kier molecular flexibility index (Phi) is 4.44. The van der Waals surface area contributed by atoms with Crippen molar-refractivity contribution < 1.29 is 4.74 Å². The molecule has 0 amide bonds. The average molecular weight is 177 g/mol. The standard InChI is InChI=1S/C8H19NOS/c1-6(2)10-8(4,11)5-7(3)9/h6-7,11H,5,9H2,1-4H3. The summed E-state index contributed by atoms with van der Waals surface area (Å²) in [5.41, 5.74) is 5.63. The Bertz CT molecular complexity index is 101. The van der Waals surface area contributed by atoms with E-state index >= 15 is 0 Å². The first-order chi connectivity index (χ1) is 4.83. The maximum Gasteiger partial charge on any atom is 0.109 e. The van der Waals surface area contributed by atoms with Crippen molar-refractivity contribution in [2.45, 2.75) is 51.2 Å². The summed E-state index contributed by atoms with van der Waals surface area (Å²) in [6, 6.07) is 0.135. The van der Waals surface area contributed by atoms with Crippen molar-refractivity contribution in [3.63, 3.8) is 0 Å². The molecule has 2 atom stereocenters. The lowest BCUT2D eigenvalue weighted by molar-refractivity contribution is -0.0111. The van der Waals surface area contributed by atoms with Gasteiger partial charge in [-0.25, -0.2) is 0 Å². The zero-order valence-electron chi connectivity index (χ0n) is 7.79. The van der Waals surface area contributed by atoms with E-state index in [0.29, 0.717) is 0 Å². The molecule has 0 fully saturated rings. The zero-order valence-corrected chi connectivity index (χ0v) is 8.69. The first kappa shape index (κ1) is 11.3. The van der Waals surface area contributed by atoms with Crippen molar-refractivity contribution in [1.29, 1.82) is 0 Å². The smallest absolute Gasteiger partial charge is 0.109 e. The van der Waals surface area contributed by atoms with Crippen LogP contribution in [-0.2, 0) is 4.74 Å². The van der Waals surface area contributed by atoms with Gasteiger partial charge >= 0.3 is 0 Å². The van der Waals surface area contributed by atoms with Crippen molar-refractivity contribution in [3.8, 4) is 0 Å². The molecule has 2 unspecified atom stereocenters. The van der Waals surface area contributed by atoms with Crippen molar-refractivity contribution in [2.24, 2.45) is 5.73 Å². The summed E-state index contributed by atoms with van der Waals surface area (Å²) in [4.78, 5) is -0.387. The summed E-state index contributed by atoms with van der Waals surface area (Å²) in [5, 5.41) is 0. The fourth-order valence-corrected chi connectivity index (χ4v) is 1.65. The van der Waals surface area contributed by atoms with Gasteiger partial charge in [0.2, 0.25) is 0 Å². The monoisotopic (exact) mass is 177 g/mol. The highest BCUT2D eigenvalue weighted by Gasteiger charge is 2.22. The Morgan fingerprint density at radius 2 is 1.91 bits per heavy atom. The average Bonchev–Trinajstić information content (AvgIpc) is 1.53. The summed E-state index contributed by atoms with van der Waals surface area (Å²) in [7, 11) is 0. The van der Waals surface area contributed by atoms with Gasteiger partial charge in [-0.15, -0.1) is 12.6 Å². The van der Waals surface area contributed by atoms with E-state index in [1.807, 2.05) is 27.7 Å². The van der Waals surface area contributed by atoms with Gasteiger partial charge in [0, 0.05) is 12.5 Å². The van der Waals surface area contributed by atoms with E-state index < -0.39 is 0 Å². The van der Waals surface area contributed by atoms with Crippen LogP contribution in [-0.4, -0.2) is 17.1 Å². The van der Waals surface area contributed by atoms with Crippen LogP contribution in [0.4, 0.5) is 0 Å². The minimum absolute atomic E-state index is 0.135. The first-order valence-corrected chi connectivity index (χ1v) is 4.44. The van der Waals surface area contributed by atoms with E-state index in [1.54, 1.807) is 0 Å². The molecule has 0 aliphatic rings. The molecule has 0 spiro atoms. The third-order valence-electron chi connectivity index (χ3n) is 1.19. The van der Waals surface area contributed by atoms with Crippen molar-refractivity contribution in [2.75, 3.05) is 0 Å². The second-order valence-electron chi connectivity index (χ2n) is 3.52. The van der Waals surface area contributed by atoms with Crippen LogP contribution in [0.25, 0.3) is 0 Å². The van der Waals surface area contributed by atoms with Crippen molar-refractivity contribution in [1.82, 2.24) is 0 Å². The number of nitrogens with two attached hydrogens (primary N) is 1. The topological polar surface area (TPSA) is 35.2 Å². The van der Waals surface area contributed by atoms with Crippen LogP contribution < -0.4 is 5.73 Å². The number of ether oxygens (including phenoxy) is 1. The predicted molar refractivity (Wildman–Crippen MR) is 51.9 cm³/mol. The van der Waals surface area contributed by atoms with Crippen molar-refractivity contribution in [3.05, 3.63) is 0 Å². The lowest BCUT2D eigenvalue weighted by atomic mass is 10.1. The largest absolute Gasteiger partial charge is 0.362 e. The second-order valence-corrected chi connectivity index (χ2v) is 4.47. The van der Waals surface area contributed by atoms with Crippen LogP contribution in [0.2, 0.25) is 0 Å². The molecular formula is C8H19NOS. The molecule has 2 nitrogen and oxygen atoms in total. The highest BCUT2D eigenvalue weighted by Crippen LogP contribution is 2.22. The van der Waals surface area contributed by atoms with Crippen LogP contribution in [0.15, 0.2) is 0 Å². The molecule has 68 valence electrons. The molecule has 0 radical (unpaired) electrons. The second kappa shape index (κ2) is 4.33. The Morgan fingerprint density at radius 3 is 2.18 bits per heavy atom. The molecule has 0 aliphatic carbocycles. The summed E-state index contributed by atoms with van der Waals surface area (Å²) >= 11 is 4.36. The molecule has 0 aliphatic heterocycles. The first-order valence-electron chi connectivity index (χ1n) is 3.99. The maximum absolute atomic E-state index is 5.63. The maximum atomic E-state index is 5.63. The van der Waals surface area contributed by atoms with Crippen LogP contribution >= 0.6 is 12.6 Å². The fraction of sp³-hybridized carbons (Fsp3) is 1.00. The van der Waals surface area contributed by atoms with Crippen LogP contribution in [0, 0.1) is 0 Å². The molecule has 11 heavy (non-hydrogen) atoms. The van der Waals surface area contributed by atoms with E-state index in [0.717, 1.165) is 6.42 Å². The van der Waals surface area contributed by atoms with Crippen LogP contribution in [0.5, 0.6) is 0 Å². The number of hydrogen-bond acceptors (Lipinski definition) is 3. The van der Waals surface area contributed by atoms with Gasteiger partial charge in [0.15, 0.2) is 0 Å². The normalized spacial score (nSPS) is 19.9. The molecule has 0 saturated carbocycles. The Labute approximate surface area is 74.9 Å².